The summed E-state index contributed by atoms with van der Waals surface area (Å²) in [7, 11) is 0. The lowest BCUT2D eigenvalue weighted by molar-refractivity contribution is 0.213. The van der Waals surface area contributed by atoms with E-state index in [1.54, 1.807) is 6.20 Å². The van der Waals surface area contributed by atoms with Gasteiger partial charge in [0.2, 0.25) is 0 Å². The average molecular weight is 278 g/mol. The van der Waals surface area contributed by atoms with Crippen LogP contribution in [-0.4, -0.2) is 10.1 Å². The van der Waals surface area contributed by atoms with E-state index in [9.17, 15) is 5.11 Å². The summed E-state index contributed by atoms with van der Waals surface area (Å²) in [5, 5.41) is 10.3. The van der Waals surface area contributed by atoms with Crippen molar-refractivity contribution in [2.75, 3.05) is 0 Å². The summed E-state index contributed by atoms with van der Waals surface area (Å²) < 4.78 is 0.825. The van der Waals surface area contributed by atoms with Gasteiger partial charge in [-0.2, -0.15) is 0 Å². The molecule has 1 aromatic carbocycles. The monoisotopic (exact) mass is 277 g/mol. The molecular formula is C13H12BrNO. The van der Waals surface area contributed by atoms with Gasteiger partial charge in [0.1, 0.15) is 6.10 Å². The number of aliphatic hydroxyl groups is 1. The van der Waals surface area contributed by atoms with Gasteiger partial charge in [-0.25, -0.2) is 0 Å². The molecule has 1 aromatic heterocycles. The number of nitrogens with zero attached hydrogens (tertiary/aromatic N) is 1. The molecule has 1 unspecified atom stereocenters. The van der Waals surface area contributed by atoms with E-state index in [1.165, 1.54) is 0 Å². The Hall–Kier alpha value is -1.19. The predicted octanol–water partition coefficient (Wildman–Crippen LogP) is 3.23. The smallest absolute Gasteiger partial charge is 0.122 e. The number of halogens is 1. The van der Waals surface area contributed by atoms with E-state index in [4.69, 9.17) is 0 Å². The van der Waals surface area contributed by atoms with Gasteiger partial charge in [-0.15, -0.1) is 0 Å². The third-order valence-corrected chi connectivity index (χ3v) is 3.20. The van der Waals surface area contributed by atoms with Gasteiger partial charge in [0.25, 0.3) is 0 Å². The molecule has 1 atom stereocenters. The van der Waals surface area contributed by atoms with E-state index in [2.05, 4.69) is 20.9 Å². The number of hydrogen-bond acceptors (Lipinski definition) is 2. The van der Waals surface area contributed by atoms with E-state index in [0.717, 1.165) is 15.6 Å². The molecule has 16 heavy (non-hydrogen) atoms. The van der Waals surface area contributed by atoms with Crippen LogP contribution in [0.1, 0.15) is 22.9 Å². The minimum Gasteiger partial charge on any atom is -0.382 e. The highest BCUT2D eigenvalue weighted by atomic mass is 79.9. The molecule has 0 aliphatic rings. The lowest BCUT2D eigenvalue weighted by Gasteiger charge is -2.14. The van der Waals surface area contributed by atoms with Crippen molar-refractivity contribution in [1.29, 1.82) is 0 Å². The predicted molar refractivity (Wildman–Crippen MR) is 67.2 cm³/mol. The fraction of sp³-hybridized carbons (Fsp3) is 0.154. The van der Waals surface area contributed by atoms with Crippen molar-refractivity contribution in [3.05, 3.63) is 63.9 Å². The molecule has 2 aromatic rings. The van der Waals surface area contributed by atoms with Crippen molar-refractivity contribution in [1.82, 2.24) is 4.98 Å². The molecular weight excluding hydrogens is 266 g/mol. The minimum atomic E-state index is -0.684. The number of aliphatic hydroxyl groups excluding tert-OH is 1. The number of rotatable bonds is 2. The zero-order valence-corrected chi connectivity index (χ0v) is 10.5. The summed E-state index contributed by atoms with van der Waals surface area (Å²) in [5.74, 6) is 0. The second kappa shape index (κ2) is 4.76. The van der Waals surface area contributed by atoms with Crippen LogP contribution in [0, 0.1) is 6.92 Å². The number of pyridine rings is 1. The van der Waals surface area contributed by atoms with E-state index in [0.29, 0.717) is 5.69 Å². The number of aromatic nitrogens is 1. The Morgan fingerprint density at radius 3 is 2.62 bits per heavy atom. The first-order valence-corrected chi connectivity index (χ1v) is 5.83. The van der Waals surface area contributed by atoms with Gasteiger partial charge in [0.05, 0.1) is 5.69 Å². The summed E-state index contributed by atoms with van der Waals surface area (Å²) in [6, 6.07) is 11.5. The van der Waals surface area contributed by atoms with Crippen LogP contribution >= 0.6 is 15.9 Å². The van der Waals surface area contributed by atoms with E-state index < -0.39 is 6.10 Å². The van der Waals surface area contributed by atoms with E-state index in [-0.39, 0.29) is 0 Å². The maximum Gasteiger partial charge on any atom is 0.122 e. The Morgan fingerprint density at radius 1 is 1.19 bits per heavy atom. The van der Waals surface area contributed by atoms with Crippen LogP contribution in [0.25, 0.3) is 0 Å². The van der Waals surface area contributed by atoms with Crippen molar-refractivity contribution >= 4 is 15.9 Å². The van der Waals surface area contributed by atoms with E-state index in [1.807, 2.05) is 43.3 Å². The van der Waals surface area contributed by atoms with Crippen LogP contribution in [0.5, 0.6) is 0 Å². The quantitative estimate of drug-likeness (QED) is 0.914. The molecule has 0 radical (unpaired) electrons. The van der Waals surface area contributed by atoms with Gasteiger partial charge in [0, 0.05) is 10.7 Å². The van der Waals surface area contributed by atoms with Gasteiger partial charge in [0.15, 0.2) is 0 Å². The molecule has 0 fully saturated rings. The summed E-state index contributed by atoms with van der Waals surface area (Å²) in [6.07, 6.45) is 0.999. The van der Waals surface area contributed by atoms with E-state index >= 15 is 0 Å². The molecule has 2 rings (SSSR count). The molecule has 3 heteroatoms. The lowest BCUT2D eigenvalue weighted by Crippen LogP contribution is -2.04. The summed E-state index contributed by atoms with van der Waals surface area (Å²) in [5.41, 5.74) is 2.60. The molecule has 1 N–H and O–H groups in total. The average Bonchev–Trinajstić information content (AvgIpc) is 2.29. The SMILES string of the molecule is Cc1ccccc1C(O)c1ncccc1Br. The Bertz CT molecular complexity index is 453. The molecule has 0 aliphatic heterocycles. The van der Waals surface area contributed by atoms with Crippen molar-refractivity contribution in [3.8, 4) is 0 Å². The molecule has 0 saturated carbocycles. The summed E-state index contributed by atoms with van der Waals surface area (Å²) in [4.78, 5) is 4.20. The first kappa shape index (κ1) is 11.3. The highest BCUT2D eigenvalue weighted by Gasteiger charge is 2.16. The molecule has 0 spiro atoms. The summed E-state index contributed by atoms with van der Waals surface area (Å²) in [6.45, 7) is 1.98. The van der Waals surface area contributed by atoms with Crippen LogP contribution in [0.2, 0.25) is 0 Å². The van der Waals surface area contributed by atoms with Crippen LogP contribution in [-0.2, 0) is 0 Å². The summed E-state index contributed by atoms with van der Waals surface area (Å²) >= 11 is 3.40. The second-order valence-electron chi connectivity index (χ2n) is 3.63. The zero-order chi connectivity index (χ0) is 11.5. The van der Waals surface area contributed by atoms with Crippen molar-refractivity contribution in [2.45, 2.75) is 13.0 Å². The first-order chi connectivity index (χ1) is 7.70. The van der Waals surface area contributed by atoms with Crippen LogP contribution in [0.4, 0.5) is 0 Å². The van der Waals surface area contributed by atoms with Crippen LogP contribution in [0.3, 0.4) is 0 Å². The van der Waals surface area contributed by atoms with Gasteiger partial charge in [-0.1, -0.05) is 24.3 Å². The molecule has 82 valence electrons. The number of benzene rings is 1. The number of aryl methyl sites for hydroxylation is 1. The molecule has 0 amide bonds. The Kier molecular flexibility index (Phi) is 3.36. The fourth-order valence-corrected chi connectivity index (χ4v) is 2.11. The Labute approximate surface area is 103 Å². The van der Waals surface area contributed by atoms with Crippen molar-refractivity contribution in [3.63, 3.8) is 0 Å². The van der Waals surface area contributed by atoms with Crippen LogP contribution < -0.4 is 0 Å². The van der Waals surface area contributed by atoms with Gasteiger partial charge >= 0.3 is 0 Å². The third-order valence-electron chi connectivity index (χ3n) is 2.53. The van der Waals surface area contributed by atoms with Crippen molar-refractivity contribution in [2.24, 2.45) is 0 Å². The minimum absolute atomic E-state index is 0.650. The highest BCUT2D eigenvalue weighted by Crippen LogP contribution is 2.27. The highest BCUT2D eigenvalue weighted by molar-refractivity contribution is 9.10. The topological polar surface area (TPSA) is 33.1 Å². The molecule has 0 saturated heterocycles. The molecule has 0 bridgehead atoms. The Balaban J connectivity index is 2.44. The Morgan fingerprint density at radius 2 is 1.94 bits per heavy atom. The van der Waals surface area contributed by atoms with Crippen molar-refractivity contribution < 1.29 is 5.11 Å². The van der Waals surface area contributed by atoms with Gasteiger partial charge < -0.3 is 5.11 Å². The maximum absolute atomic E-state index is 10.3. The first-order valence-electron chi connectivity index (χ1n) is 5.04. The van der Waals surface area contributed by atoms with Gasteiger partial charge in [-0.3, -0.25) is 4.98 Å². The number of hydrogen-bond donors (Lipinski definition) is 1. The standard InChI is InChI=1S/C13H12BrNO/c1-9-5-2-3-6-10(9)13(16)12-11(14)7-4-8-15-12/h2-8,13,16H,1H3. The molecule has 1 heterocycles. The zero-order valence-electron chi connectivity index (χ0n) is 8.89. The fourth-order valence-electron chi connectivity index (χ4n) is 1.64. The molecule has 2 nitrogen and oxygen atoms in total. The lowest BCUT2D eigenvalue weighted by atomic mass is 10.0. The second-order valence-corrected chi connectivity index (χ2v) is 4.48. The third kappa shape index (κ3) is 2.15. The van der Waals surface area contributed by atoms with Gasteiger partial charge in [-0.05, 0) is 46.1 Å². The van der Waals surface area contributed by atoms with Crippen LogP contribution in [0.15, 0.2) is 47.1 Å². The normalized spacial score (nSPS) is 12.4. The molecule has 0 aliphatic carbocycles. The maximum atomic E-state index is 10.3. The largest absolute Gasteiger partial charge is 0.382 e.